The van der Waals surface area contributed by atoms with E-state index in [1.807, 2.05) is 6.92 Å². The molecule has 27 heavy (non-hydrogen) atoms. The molecule has 0 radical (unpaired) electrons. The van der Waals surface area contributed by atoms with Crippen molar-refractivity contribution in [1.29, 1.82) is 0 Å². The van der Waals surface area contributed by atoms with E-state index >= 15 is 0 Å². The van der Waals surface area contributed by atoms with E-state index in [4.69, 9.17) is 17.0 Å². The van der Waals surface area contributed by atoms with Crippen molar-refractivity contribution in [1.82, 2.24) is 10.7 Å². The van der Waals surface area contributed by atoms with Crippen LogP contribution in [0.5, 0.6) is 5.75 Å². The quantitative estimate of drug-likeness (QED) is 0.341. The smallest absolute Gasteiger partial charge is 0.262 e. The van der Waals surface area contributed by atoms with E-state index in [0.717, 1.165) is 5.56 Å². The van der Waals surface area contributed by atoms with Crippen LogP contribution in [-0.2, 0) is 4.79 Å². The Morgan fingerprint density at radius 1 is 1.30 bits per heavy atom. The zero-order valence-corrected chi connectivity index (χ0v) is 16.9. The Morgan fingerprint density at radius 3 is 2.70 bits per heavy atom. The number of ether oxygens (including phenoxy) is 1. The largest absolute Gasteiger partial charge is 0.483 e. The number of carbonyl (C=O) groups is 1. The minimum atomic E-state index is -0.365. The summed E-state index contributed by atoms with van der Waals surface area (Å²) in [6.07, 6.45) is 1.61. The van der Waals surface area contributed by atoms with Crippen molar-refractivity contribution in [2.24, 2.45) is 5.10 Å². The van der Waals surface area contributed by atoms with E-state index in [2.05, 4.69) is 37.1 Å². The fourth-order valence-electron chi connectivity index (χ4n) is 1.95. The Bertz CT molecular complexity index is 831. The third kappa shape index (κ3) is 7.32. The third-order valence-corrected chi connectivity index (χ3v) is 4.02. The van der Waals surface area contributed by atoms with Crippen molar-refractivity contribution in [3.63, 3.8) is 0 Å². The van der Waals surface area contributed by atoms with Crippen LogP contribution in [0.25, 0.3) is 0 Å². The molecule has 3 N–H and O–H groups in total. The first kappa shape index (κ1) is 20.8. The summed E-state index contributed by atoms with van der Waals surface area (Å²) in [6.45, 7) is 2.48. The summed E-state index contributed by atoms with van der Waals surface area (Å²) in [5.41, 5.74) is 4.01. The van der Waals surface area contributed by atoms with Gasteiger partial charge in [0.15, 0.2) is 11.7 Å². The fraction of sp³-hybridized carbons (Fsp3) is 0.167. The highest BCUT2D eigenvalue weighted by Crippen LogP contribution is 2.25. The van der Waals surface area contributed by atoms with E-state index in [0.29, 0.717) is 27.6 Å². The molecule has 0 saturated heterocycles. The summed E-state index contributed by atoms with van der Waals surface area (Å²) in [5, 5.41) is 10.0. The molecule has 1 amide bonds. The van der Waals surface area contributed by atoms with Crippen LogP contribution >= 0.6 is 28.1 Å². The number of rotatable bonds is 7. The second kappa shape index (κ2) is 10.6. The number of carbonyl (C=O) groups excluding carboxylic acids is 1. The van der Waals surface area contributed by atoms with Crippen LogP contribution in [0.15, 0.2) is 52.0 Å². The van der Waals surface area contributed by atoms with Crippen molar-refractivity contribution in [2.45, 2.75) is 6.92 Å². The molecule has 6 nitrogen and oxygen atoms in total. The van der Waals surface area contributed by atoms with Gasteiger partial charge >= 0.3 is 0 Å². The van der Waals surface area contributed by atoms with Gasteiger partial charge in [-0.05, 0) is 83.1 Å². The number of thiocarbonyl (C=S) groups is 1. The van der Waals surface area contributed by atoms with Gasteiger partial charge in [-0.3, -0.25) is 10.2 Å². The zero-order chi connectivity index (χ0) is 19.6. The van der Waals surface area contributed by atoms with Gasteiger partial charge in [0.25, 0.3) is 5.91 Å². The monoisotopic (exact) mass is 452 g/mol. The molecule has 0 atom stereocenters. The first-order valence-corrected chi connectivity index (χ1v) is 9.22. The molecule has 0 fully saturated rings. The summed E-state index contributed by atoms with van der Waals surface area (Å²) >= 11 is 8.40. The lowest BCUT2D eigenvalue weighted by Gasteiger charge is -2.09. The number of hydrogen-bond acceptors (Lipinski definition) is 4. The lowest BCUT2D eigenvalue weighted by atomic mass is 10.2. The van der Waals surface area contributed by atoms with Crippen LogP contribution < -0.4 is 20.8 Å². The van der Waals surface area contributed by atoms with Gasteiger partial charge in [-0.1, -0.05) is 0 Å². The summed E-state index contributed by atoms with van der Waals surface area (Å²) in [5.74, 6) is -0.201. The SMILES string of the molecule is CCNC(=S)N/N=C\c1ccc(OCC(=O)Nc2ccc(F)cc2)c(Br)c1. The van der Waals surface area contributed by atoms with E-state index in [1.165, 1.54) is 24.3 Å². The molecule has 0 heterocycles. The molecule has 142 valence electrons. The minimum absolute atomic E-state index is 0.179. The first-order valence-electron chi connectivity index (χ1n) is 8.02. The highest BCUT2D eigenvalue weighted by atomic mass is 79.9. The average molecular weight is 453 g/mol. The number of hydrogen-bond donors (Lipinski definition) is 3. The number of benzene rings is 2. The van der Waals surface area contributed by atoms with Crippen molar-refractivity contribution in [3.8, 4) is 5.75 Å². The van der Waals surface area contributed by atoms with Gasteiger partial charge in [0.1, 0.15) is 11.6 Å². The average Bonchev–Trinajstić information content (AvgIpc) is 2.63. The number of anilines is 1. The molecular weight excluding hydrogens is 435 g/mol. The number of nitrogens with one attached hydrogen (secondary N) is 3. The lowest BCUT2D eigenvalue weighted by Crippen LogP contribution is -2.31. The second-order valence-corrected chi connectivity index (χ2v) is 6.53. The molecule has 0 unspecified atom stereocenters. The van der Waals surface area contributed by atoms with Crippen LogP contribution in [0.1, 0.15) is 12.5 Å². The van der Waals surface area contributed by atoms with Crippen LogP contribution in [0.4, 0.5) is 10.1 Å². The minimum Gasteiger partial charge on any atom is -0.483 e. The molecule has 0 aliphatic carbocycles. The molecule has 0 aliphatic heterocycles. The maximum atomic E-state index is 12.9. The van der Waals surface area contributed by atoms with Gasteiger partial charge < -0.3 is 15.4 Å². The molecule has 0 saturated carbocycles. The molecule has 2 aromatic rings. The Morgan fingerprint density at radius 2 is 2.04 bits per heavy atom. The van der Waals surface area contributed by atoms with Crippen molar-refractivity contribution in [2.75, 3.05) is 18.5 Å². The zero-order valence-electron chi connectivity index (χ0n) is 14.5. The van der Waals surface area contributed by atoms with Crippen LogP contribution in [0, 0.1) is 5.82 Å². The van der Waals surface area contributed by atoms with Gasteiger partial charge in [0.2, 0.25) is 0 Å². The maximum Gasteiger partial charge on any atom is 0.262 e. The first-order chi connectivity index (χ1) is 13.0. The topological polar surface area (TPSA) is 74.8 Å². The van der Waals surface area contributed by atoms with Gasteiger partial charge in [-0.15, -0.1) is 0 Å². The predicted octanol–water partition coefficient (Wildman–Crippen LogP) is 3.42. The molecular formula is C18H18BrFN4O2S. The molecule has 9 heteroatoms. The standard InChI is InChI=1S/C18H18BrFN4O2S/c1-2-21-18(27)24-22-10-12-3-8-16(15(19)9-12)26-11-17(25)23-14-6-4-13(20)5-7-14/h3-10H,2,11H2,1H3,(H,23,25)(H2,21,24,27)/b22-10-. The number of halogens is 2. The maximum absolute atomic E-state index is 12.9. The summed E-state index contributed by atoms with van der Waals surface area (Å²) in [7, 11) is 0. The molecule has 0 aliphatic rings. The van der Waals surface area contributed by atoms with Crippen molar-refractivity contribution >= 4 is 51.1 Å². The summed E-state index contributed by atoms with van der Waals surface area (Å²) in [6, 6.07) is 10.8. The van der Waals surface area contributed by atoms with E-state index in [1.54, 1.807) is 24.4 Å². The Balaban J connectivity index is 1.86. The summed E-state index contributed by atoms with van der Waals surface area (Å²) in [4.78, 5) is 11.9. The normalized spacial score (nSPS) is 10.5. The molecule has 0 aromatic heterocycles. The van der Waals surface area contributed by atoms with Crippen LogP contribution in [0.3, 0.4) is 0 Å². The van der Waals surface area contributed by atoms with E-state index < -0.39 is 0 Å². The lowest BCUT2D eigenvalue weighted by molar-refractivity contribution is -0.118. The number of nitrogens with zero attached hydrogens (tertiary/aromatic N) is 1. The number of amides is 1. The Kier molecular flexibility index (Phi) is 8.15. The highest BCUT2D eigenvalue weighted by Gasteiger charge is 2.07. The van der Waals surface area contributed by atoms with Gasteiger partial charge in [-0.25, -0.2) is 4.39 Å². The van der Waals surface area contributed by atoms with Crippen molar-refractivity contribution in [3.05, 3.63) is 58.3 Å². The molecule has 2 rings (SSSR count). The molecule has 2 aromatic carbocycles. The van der Waals surface area contributed by atoms with E-state index in [9.17, 15) is 9.18 Å². The van der Waals surface area contributed by atoms with Crippen LogP contribution in [-0.4, -0.2) is 30.4 Å². The Hall–Kier alpha value is -2.52. The van der Waals surface area contributed by atoms with Gasteiger partial charge in [0.05, 0.1) is 10.7 Å². The third-order valence-electron chi connectivity index (χ3n) is 3.16. The fourth-order valence-corrected chi connectivity index (χ4v) is 2.66. The summed E-state index contributed by atoms with van der Waals surface area (Å²) < 4.78 is 19.0. The predicted molar refractivity (Wildman–Crippen MR) is 112 cm³/mol. The van der Waals surface area contributed by atoms with Gasteiger partial charge in [0, 0.05) is 12.2 Å². The number of hydrazone groups is 1. The van der Waals surface area contributed by atoms with Crippen LogP contribution in [0.2, 0.25) is 0 Å². The van der Waals surface area contributed by atoms with Gasteiger partial charge in [-0.2, -0.15) is 5.10 Å². The second-order valence-electron chi connectivity index (χ2n) is 5.26. The molecule has 0 bridgehead atoms. The van der Waals surface area contributed by atoms with Crippen molar-refractivity contribution < 1.29 is 13.9 Å². The Labute approximate surface area is 170 Å². The molecule has 0 spiro atoms. The highest BCUT2D eigenvalue weighted by molar-refractivity contribution is 9.10. The van der Waals surface area contributed by atoms with E-state index in [-0.39, 0.29) is 18.3 Å².